The summed E-state index contributed by atoms with van der Waals surface area (Å²) in [5, 5.41) is 17.5. The summed E-state index contributed by atoms with van der Waals surface area (Å²) in [6.45, 7) is 0. The van der Waals surface area contributed by atoms with Crippen LogP contribution < -0.4 is 0 Å². The Labute approximate surface area is 70.2 Å². The number of carbonyl (C=O) groups is 2. The number of hydrogen-bond donors (Lipinski definition) is 2. The molecule has 0 heterocycles. The monoisotopic (exact) mass is 171 g/mol. The topological polar surface area (TPSA) is 74.6 Å². The molecule has 0 aromatic heterocycles. The SMILES string of the molecule is O=C(O)C1(C(=O)O)[CH]CCCC1. The van der Waals surface area contributed by atoms with Crippen molar-refractivity contribution in [2.24, 2.45) is 5.41 Å². The molecule has 4 nitrogen and oxygen atoms in total. The van der Waals surface area contributed by atoms with Gasteiger partial charge in [-0.2, -0.15) is 0 Å². The Morgan fingerprint density at radius 3 is 2.00 bits per heavy atom. The number of carboxylic acids is 2. The van der Waals surface area contributed by atoms with Crippen LogP contribution in [0.5, 0.6) is 0 Å². The molecular weight excluding hydrogens is 160 g/mol. The normalized spacial score (nSPS) is 21.7. The fourth-order valence-corrected chi connectivity index (χ4v) is 1.48. The molecule has 12 heavy (non-hydrogen) atoms. The van der Waals surface area contributed by atoms with Crippen molar-refractivity contribution in [1.82, 2.24) is 0 Å². The molecule has 1 aliphatic carbocycles. The van der Waals surface area contributed by atoms with Crippen LogP contribution in [0.4, 0.5) is 0 Å². The van der Waals surface area contributed by atoms with E-state index in [1.807, 2.05) is 0 Å². The zero-order chi connectivity index (χ0) is 9.19. The maximum absolute atomic E-state index is 10.7. The van der Waals surface area contributed by atoms with Crippen molar-refractivity contribution in [3.8, 4) is 0 Å². The molecule has 0 aromatic carbocycles. The second-order valence-corrected chi connectivity index (χ2v) is 3.03. The fraction of sp³-hybridized carbons (Fsp3) is 0.625. The standard InChI is InChI=1S/C8H11O4/c9-6(10)8(7(11)12)4-2-1-3-5-8/h4H,1-3,5H2,(H,9,10)(H,11,12). The molecule has 4 heteroatoms. The van der Waals surface area contributed by atoms with Crippen molar-refractivity contribution >= 4 is 11.9 Å². The minimum atomic E-state index is -1.61. The maximum atomic E-state index is 10.7. The molecule has 1 saturated carbocycles. The van der Waals surface area contributed by atoms with Crippen LogP contribution in [0.3, 0.4) is 0 Å². The lowest BCUT2D eigenvalue weighted by atomic mass is 9.74. The van der Waals surface area contributed by atoms with E-state index < -0.39 is 17.4 Å². The van der Waals surface area contributed by atoms with Gasteiger partial charge in [0.25, 0.3) is 0 Å². The summed E-state index contributed by atoms with van der Waals surface area (Å²) in [6.07, 6.45) is 3.77. The summed E-state index contributed by atoms with van der Waals surface area (Å²) in [4.78, 5) is 21.4. The molecule has 0 bridgehead atoms. The van der Waals surface area contributed by atoms with Gasteiger partial charge in [-0.1, -0.05) is 12.8 Å². The van der Waals surface area contributed by atoms with E-state index in [2.05, 4.69) is 0 Å². The van der Waals surface area contributed by atoms with Crippen molar-refractivity contribution in [2.75, 3.05) is 0 Å². The Kier molecular flexibility index (Phi) is 2.35. The predicted octanol–water partition coefficient (Wildman–Crippen LogP) is 0.920. The van der Waals surface area contributed by atoms with E-state index in [-0.39, 0.29) is 6.42 Å². The van der Waals surface area contributed by atoms with Crippen LogP contribution in [-0.4, -0.2) is 22.2 Å². The van der Waals surface area contributed by atoms with Gasteiger partial charge in [-0.05, 0) is 19.3 Å². The lowest BCUT2D eigenvalue weighted by molar-refractivity contribution is -0.163. The summed E-state index contributed by atoms with van der Waals surface area (Å²) in [7, 11) is 0. The fourth-order valence-electron chi connectivity index (χ4n) is 1.48. The molecule has 67 valence electrons. The lowest BCUT2D eigenvalue weighted by Gasteiger charge is -2.28. The van der Waals surface area contributed by atoms with Crippen LogP contribution in [0.25, 0.3) is 0 Å². The van der Waals surface area contributed by atoms with Crippen LogP contribution in [-0.2, 0) is 9.59 Å². The molecule has 0 unspecified atom stereocenters. The average molecular weight is 171 g/mol. The second kappa shape index (κ2) is 3.13. The largest absolute Gasteiger partial charge is 0.480 e. The van der Waals surface area contributed by atoms with Gasteiger partial charge >= 0.3 is 11.9 Å². The van der Waals surface area contributed by atoms with E-state index in [4.69, 9.17) is 10.2 Å². The molecule has 1 rings (SSSR count). The van der Waals surface area contributed by atoms with Gasteiger partial charge in [0.2, 0.25) is 0 Å². The van der Waals surface area contributed by atoms with Crippen LogP contribution in [0.15, 0.2) is 0 Å². The van der Waals surface area contributed by atoms with E-state index in [0.29, 0.717) is 12.8 Å². The minimum absolute atomic E-state index is 0.220. The van der Waals surface area contributed by atoms with Gasteiger partial charge in [0.05, 0.1) is 0 Å². The smallest absolute Gasteiger partial charge is 0.321 e. The Morgan fingerprint density at radius 1 is 1.17 bits per heavy atom. The molecule has 0 amide bonds. The lowest BCUT2D eigenvalue weighted by Crippen LogP contribution is -2.41. The molecule has 2 N–H and O–H groups in total. The first kappa shape index (κ1) is 9.03. The number of aliphatic carboxylic acids is 2. The predicted molar refractivity (Wildman–Crippen MR) is 40.5 cm³/mol. The molecule has 1 fully saturated rings. The quantitative estimate of drug-likeness (QED) is 0.606. The van der Waals surface area contributed by atoms with Gasteiger partial charge < -0.3 is 10.2 Å². The van der Waals surface area contributed by atoms with E-state index in [1.165, 1.54) is 6.42 Å². The van der Waals surface area contributed by atoms with E-state index in [1.54, 1.807) is 0 Å². The highest BCUT2D eigenvalue weighted by Crippen LogP contribution is 2.35. The third kappa shape index (κ3) is 1.29. The second-order valence-electron chi connectivity index (χ2n) is 3.03. The van der Waals surface area contributed by atoms with E-state index in [9.17, 15) is 9.59 Å². The number of carboxylic acid groups (broad SMARTS) is 2. The van der Waals surface area contributed by atoms with Crippen LogP contribution in [0, 0.1) is 11.8 Å². The zero-order valence-corrected chi connectivity index (χ0v) is 6.62. The van der Waals surface area contributed by atoms with Crippen LogP contribution >= 0.6 is 0 Å². The van der Waals surface area contributed by atoms with Crippen molar-refractivity contribution < 1.29 is 19.8 Å². The van der Waals surface area contributed by atoms with Gasteiger partial charge in [-0.3, -0.25) is 9.59 Å². The first-order chi connectivity index (χ1) is 5.59. The summed E-state index contributed by atoms with van der Waals surface area (Å²) in [5.41, 5.74) is -1.61. The summed E-state index contributed by atoms with van der Waals surface area (Å²) in [5.74, 6) is -2.48. The summed E-state index contributed by atoms with van der Waals surface area (Å²) in [6, 6.07) is 0. The third-order valence-electron chi connectivity index (χ3n) is 2.28. The van der Waals surface area contributed by atoms with Gasteiger partial charge in [0.1, 0.15) is 0 Å². The van der Waals surface area contributed by atoms with Gasteiger partial charge in [0.15, 0.2) is 5.41 Å². The summed E-state index contributed by atoms with van der Waals surface area (Å²) < 4.78 is 0. The number of hydrogen-bond acceptors (Lipinski definition) is 2. The van der Waals surface area contributed by atoms with Crippen LogP contribution in [0.1, 0.15) is 25.7 Å². The summed E-state index contributed by atoms with van der Waals surface area (Å²) >= 11 is 0. The first-order valence-electron chi connectivity index (χ1n) is 3.91. The number of rotatable bonds is 2. The first-order valence-corrected chi connectivity index (χ1v) is 3.91. The Morgan fingerprint density at radius 2 is 1.75 bits per heavy atom. The molecule has 1 aliphatic rings. The average Bonchev–Trinajstić information content (AvgIpc) is 2.05. The zero-order valence-electron chi connectivity index (χ0n) is 6.62. The Hall–Kier alpha value is -1.06. The van der Waals surface area contributed by atoms with Gasteiger partial charge in [0, 0.05) is 0 Å². The molecule has 0 atom stereocenters. The molecule has 0 saturated heterocycles. The Balaban J connectivity index is 2.84. The van der Waals surface area contributed by atoms with Crippen molar-refractivity contribution in [3.05, 3.63) is 6.42 Å². The minimum Gasteiger partial charge on any atom is -0.480 e. The van der Waals surface area contributed by atoms with Crippen LogP contribution in [0.2, 0.25) is 0 Å². The highest BCUT2D eigenvalue weighted by Gasteiger charge is 2.47. The molecular formula is C8H11O4. The maximum Gasteiger partial charge on any atom is 0.321 e. The highest BCUT2D eigenvalue weighted by atomic mass is 16.4. The van der Waals surface area contributed by atoms with E-state index >= 15 is 0 Å². The molecule has 0 aromatic rings. The van der Waals surface area contributed by atoms with Crippen molar-refractivity contribution in [3.63, 3.8) is 0 Å². The van der Waals surface area contributed by atoms with Crippen molar-refractivity contribution in [2.45, 2.75) is 25.7 Å². The van der Waals surface area contributed by atoms with Gasteiger partial charge in [-0.15, -0.1) is 0 Å². The molecule has 0 aliphatic heterocycles. The highest BCUT2D eigenvalue weighted by molar-refractivity contribution is 6.00. The third-order valence-corrected chi connectivity index (χ3v) is 2.28. The van der Waals surface area contributed by atoms with E-state index in [0.717, 1.165) is 6.42 Å². The van der Waals surface area contributed by atoms with Gasteiger partial charge in [-0.25, -0.2) is 0 Å². The Bertz CT molecular complexity index is 187. The van der Waals surface area contributed by atoms with Crippen molar-refractivity contribution in [1.29, 1.82) is 0 Å². The molecule has 1 radical (unpaired) electrons. The molecule has 0 spiro atoms.